The van der Waals surface area contributed by atoms with E-state index >= 15 is 0 Å². The molecule has 0 aliphatic heterocycles. The largest absolute Gasteiger partial charge is 0.497 e. The molecule has 0 aliphatic carbocycles. The van der Waals surface area contributed by atoms with Crippen molar-refractivity contribution < 1.29 is 4.74 Å². The number of aryl methyl sites for hydroxylation is 1. The Kier molecular flexibility index (Phi) is 2.07. The number of H-pyrrole nitrogens is 1. The summed E-state index contributed by atoms with van der Waals surface area (Å²) in [6.45, 7) is 0. The summed E-state index contributed by atoms with van der Waals surface area (Å²) in [5.74, 6) is 0.636. The third-order valence-corrected chi connectivity index (χ3v) is 2.31. The fourth-order valence-corrected chi connectivity index (χ4v) is 1.47. The molecule has 0 fully saturated rings. The van der Waals surface area contributed by atoms with Gasteiger partial charge in [-0.05, 0) is 12.1 Å². The summed E-state index contributed by atoms with van der Waals surface area (Å²) < 4.78 is 6.34. The second-order valence-electron chi connectivity index (χ2n) is 3.20. The van der Waals surface area contributed by atoms with Crippen molar-refractivity contribution in [3.63, 3.8) is 0 Å². The molecular weight excluding hydrogens is 196 g/mol. The average molecular weight is 206 g/mol. The van der Waals surface area contributed by atoms with Crippen LogP contribution < -0.4 is 15.9 Å². The van der Waals surface area contributed by atoms with Crippen molar-refractivity contribution in [3.05, 3.63) is 38.9 Å². The molecule has 1 N–H and O–H groups in total. The van der Waals surface area contributed by atoms with Crippen LogP contribution in [0, 0.1) is 0 Å². The van der Waals surface area contributed by atoms with Gasteiger partial charge in [-0.3, -0.25) is 9.59 Å². The summed E-state index contributed by atoms with van der Waals surface area (Å²) in [5.41, 5.74) is 0.0627. The molecule has 0 saturated carbocycles. The minimum Gasteiger partial charge on any atom is -0.497 e. The quantitative estimate of drug-likeness (QED) is 0.679. The van der Waals surface area contributed by atoms with Crippen molar-refractivity contribution in [2.75, 3.05) is 7.11 Å². The first kappa shape index (κ1) is 9.51. The Morgan fingerprint density at radius 3 is 2.73 bits per heavy atom. The molecule has 1 heterocycles. The summed E-state index contributed by atoms with van der Waals surface area (Å²) in [6, 6.07) is 5.14. The van der Waals surface area contributed by atoms with E-state index in [1.165, 1.54) is 4.57 Å². The molecule has 15 heavy (non-hydrogen) atoms. The Bertz CT molecular complexity index is 625. The summed E-state index contributed by atoms with van der Waals surface area (Å²) >= 11 is 0. The molecule has 0 amide bonds. The SMILES string of the molecule is COc1ccc2c(c1)[nH]c(=O)c(=O)n2C. The lowest BCUT2D eigenvalue weighted by Gasteiger charge is -2.05. The first-order valence-electron chi connectivity index (χ1n) is 4.40. The lowest BCUT2D eigenvalue weighted by Crippen LogP contribution is -2.34. The molecule has 0 bridgehead atoms. The molecule has 1 aromatic carbocycles. The molecule has 5 heteroatoms. The maximum absolute atomic E-state index is 11.3. The van der Waals surface area contributed by atoms with Gasteiger partial charge in [0.1, 0.15) is 5.75 Å². The normalized spacial score (nSPS) is 10.5. The highest BCUT2D eigenvalue weighted by Crippen LogP contribution is 2.16. The number of aromatic nitrogens is 2. The van der Waals surface area contributed by atoms with Crippen LogP contribution in [0.2, 0.25) is 0 Å². The van der Waals surface area contributed by atoms with E-state index in [0.29, 0.717) is 16.8 Å². The number of aromatic amines is 1. The lowest BCUT2D eigenvalue weighted by atomic mass is 10.3. The Morgan fingerprint density at radius 1 is 1.33 bits per heavy atom. The van der Waals surface area contributed by atoms with Gasteiger partial charge < -0.3 is 14.3 Å². The van der Waals surface area contributed by atoms with Crippen LogP contribution in [0.5, 0.6) is 5.75 Å². The smallest absolute Gasteiger partial charge is 0.316 e. The number of nitrogens with one attached hydrogen (secondary N) is 1. The van der Waals surface area contributed by atoms with Crippen molar-refractivity contribution in [3.8, 4) is 5.75 Å². The molecule has 0 saturated heterocycles. The van der Waals surface area contributed by atoms with E-state index in [-0.39, 0.29) is 0 Å². The van der Waals surface area contributed by atoms with E-state index in [9.17, 15) is 9.59 Å². The van der Waals surface area contributed by atoms with Crippen LogP contribution in [0.4, 0.5) is 0 Å². The first-order chi connectivity index (χ1) is 7.13. The fourth-order valence-electron chi connectivity index (χ4n) is 1.47. The van der Waals surface area contributed by atoms with Gasteiger partial charge in [0, 0.05) is 13.1 Å². The van der Waals surface area contributed by atoms with Gasteiger partial charge in [0.2, 0.25) is 0 Å². The number of nitrogens with zero attached hydrogens (tertiary/aromatic N) is 1. The maximum atomic E-state index is 11.3. The second kappa shape index (κ2) is 3.27. The molecule has 5 nitrogen and oxygen atoms in total. The Morgan fingerprint density at radius 2 is 2.07 bits per heavy atom. The van der Waals surface area contributed by atoms with Crippen LogP contribution in [-0.2, 0) is 7.05 Å². The molecule has 0 atom stereocenters. The molecule has 2 rings (SSSR count). The van der Waals surface area contributed by atoms with Gasteiger partial charge in [0.05, 0.1) is 18.1 Å². The minimum atomic E-state index is -0.627. The van der Waals surface area contributed by atoms with Gasteiger partial charge in [-0.1, -0.05) is 0 Å². The topological polar surface area (TPSA) is 64.1 Å². The summed E-state index contributed by atoms with van der Waals surface area (Å²) in [4.78, 5) is 25.1. The monoisotopic (exact) mass is 206 g/mol. The molecule has 2 aromatic rings. The van der Waals surface area contributed by atoms with Crippen molar-refractivity contribution in [1.29, 1.82) is 0 Å². The van der Waals surface area contributed by atoms with Crippen molar-refractivity contribution in [2.24, 2.45) is 7.05 Å². The van der Waals surface area contributed by atoms with Crippen molar-refractivity contribution in [1.82, 2.24) is 9.55 Å². The lowest BCUT2D eigenvalue weighted by molar-refractivity contribution is 0.415. The summed E-state index contributed by atoms with van der Waals surface area (Å²) in [6.07, 6.45) is 0. The predicted octanol–water partition coefficient (Wildman–Crippen LogP) is 0.235. The Hall–Kier alpha value is -2.04. The van der Waals surface area contributed by atoms with Crippen molar-refractivity contribution >= 4 is 11.0 Å². The standard InChI is InChI=1S/C10H10N2O3/c1-12-8-4-3-6(15-2)5-7(8)11-9(13)10(12)14/h3-5H,1-2H3,(H,11,13). The second-order valence-corrected chi connectivity index (χ2v) is 3.20. The fraction of sp³-hybridized carbons (Fsp3) is 0.200. The molecule has 0 spiro atoms. The molecular formula is C10H10N2O3. The molecule has 0 unspecified atom stereocenters. The number of fused-ring (bicyclic) bond motifs is 1. The zero-order chi connectivity index (χ0) is 11.0. The summed E-state index contributed by atoms with van der Waals surface area (Å²) in [5, 5.41) is 0. The van der Waals surface area contributed by atoms with Crippen molar-refractivity contribution in [2.45, 2.75) is 0 Å². The zero-order valence-electron chi connectivity index (χ0n) is 8.40. The number of ether oxygens (including phenoxy) is 1. The van der Waals surface area contributed by atoms with Gasteiger partial charge in [0.25, 0.3) is 0 Å². The number of hydrogen-bond acceptors (Lipinski definition) is 3. The van der Waals surface area contributed by atoms with Gasteiger partial charge in [-0.25, -0.2) is 0 Å². The van der Waals surface area contributed by atoms with Gasteiger partial charge in [0.15, 0.2) is 0 Å². The van der Waals surface area contributed by atoms with Crippen LogP contribution in [0.3, 0.4) is 0 Å². The number of benzene rings is 1. The number of methoxy groups -OCH3 is 1. The molecule has 1 aromatic heterocycles. The third-order valence-electron chi connectivity index (χ3n) is 2.31. The Labute approximate surface area is 84.9 Å². The van der Waals surface area contributed by atoms with E-state index in [1.54, 1.807) is 32.4 Å². The average Bonchev–Trinajstić information content (AvgIpc) is 2.25. The van der Waals surface area contributed by atoms with E-state index in [2.05, 4.69) is 4.98 Å². The maximum Gasteiger partial charge on any atom is 0.316 e. The van der Waals surface area contributed by atoms with E-state index in [4.69, 9.17) is 4.74 Å². The number of rotatable bonds is 1. The third kappa shape index (κ3) is 1.41. The Balaban J connectivity index is 2.92. The molecule has 0 radical (unpaired) electrons. The number of hydrogen-bond donors (Lipinski definition) is 1. The van der Waals surface area contributed by atoms with Crippen LogP contribution in [-0.4, -0.2) is 16.7 Å². The summed E-state index contributed by atoms with van der Waals surface area (Å²) in [7, 11) is 3.10. The van der Waals surface area contributed by atoms with Crippen LogP contribution >= 0.6 is 0 Å². The highest BCUT2D eigenvalue weighted by molar-refractivity contribution is 5.76. The van der Waals surface area contributed by atoms with Gasteiger partial charge in [-0.2, -0.15) is 0 Å². The van der Waals surface area contributed by atoms with Gasteiger partial charge in [-0.15, -0.1) is 0 Å². The van der Waals surface area contributed by atoms with Crippen LogP contribution in [0.1, 0.15) is 0 Å². The van der Waals surface area contributed by atoms with E-state index in [1.807, 2.05) is 0 Å². The molecule has 78 valence electrons. The minimum absolute atomic E-state index is 0.562. The highest BCUT2D eigenvalue weighted by atomic mass is 16.5. The van der Waals surface area contributed by atoms with E-state index in [0.717, 1.165) is 0 Å². The predicted molar refractivity (Wildman–Crippen MR) is 56.4 cm³/mol. The molecule has 0 aliphatic rings. The van der Waals surface area contributed by atoms with Crippen LogP contribution in [0.25, 0.3) is 11.0 Å². The van der Waals surface area contributed by atoms with E-state index < -0.39 is 11.1 Å². The van der Waals surface area contributed by atoms with Gasteiger partial charge >= 0.3 is 11.1 Å². The first-order valence-corrected chi connectivity index (χ1v) is 4.40. The highest BCUT2D eigenvalue weighted by Gasteiger charge is 2.04. The zero-order valence-corrected chi connectivity index (χ0v) is 8.40. The van der Waals surface area contributed by atoms with Crippen LogP contribution in [0.15, 0.2) is 27.8 Å².